The fraction of sp³-hybridized carbons (Fsp3) is 0.462. The van der Waals surface area contributed by atoms with Gasteiger partial charge in [-0.05, 0) is 37.3 Å². The molecule has 0 amide bonds. The Bertz CT molecular complexity index is 577. The van der Waals surface area contributed by atoms with Gasteiger partial charge in [0, 0.05) is 6.04 Å². The highest BCUT2D eigenvalue weighted by Gasteiger charge is 2.41. The summed E-state index contributed by atoms with van der Waals surface area (Å²) in [7, 11) is 2.12. The molecule has 2 N–H and O–H groups in total. The minimum Gasteiger partial charge on any atom is -0.341 e. The van der Waals surface area contributed by atoms with Crippen LogP contribution in [0.2, 0.25) is 0 Å². The van der Waals surface area contributed by atoms with Crippen LogP contribution >= 0.6 is 0 Å². The summed E-state index contributed by atoms with van der Waals surface area (Å²) in [5.41, 5.74) is 3.55. The number of nitrogens with one attached hydrogen (secondary N) is 2. The second kappa shape index (κ2) is 3.36. The number of benzene rings is 1. The quantitative estimate of drug-likeness (QED) is 0.699. The van der Waals surface area contributed by atoms with E-state index in [1.165, 1.54) is 30.2 Å². The Morgan fingerprint density at radius 1 is 1.29 bits per heavy atom. The average molecular weight is 225 g/mol. The molecule has 86 valence electrons. The van der Waals surface area contributed by atoms with Crippen molar-refractivity contribution in [2.45, 2.75) is 31.3 Å². The second-order valence-electron chi connectivity index (χ2n) is 5.56. The first kappa shape index (κ1) is 9.72. The topological polar surface area (TPSA) is 40.7 Å². The van der Waals surface area contributed by atoms with Crippen molar-refractivity contribution in [2.24, 2.45) is 5.92 Å². The number of rotatable bonds is 1. The van der Waals surface area contributed by atoms with Crippen LogP contribution in [0.25, 0.3) is 11.0 Å². The third kappa shape index (κ3) is 1.44. The van der Waals surface area contributed by atoms with Crippen molar-refractivity contribution in [1.82, 2.24) is 15.3 Å². The standard InChI is InChI=1S/C13H16BN3/c14-8-2-4-10-11(6-8)17-13(16-10)12-7-1-3-9(5-7)15-12/h2,4,6-7,9,12,15H,1,3,5,14H2,(H,16,17)/t7-,9+,12?/m0/s1. The van der Waals surface area contributed by atoms with E-state index in [9.17, 15) is 0 Å². The number of nitrogens with zero attached hydrogens (tertiary/aromatic N) is 1. The molecule has 0 radical (unpaired) electrons. The van der Waals surface area contributed by atoms with Gasteiger partial charge in [-0.15, -0.1) is 0 Å². The lowest BCUT2D eigenvalue weighted by atomic mass is 9.96. The highest BCUT2D eigenvalue weighted by molar-refractivity contribution is 6.33. The van der Waals surface area contributed by atoms with Gasteiger partial charge in [-0.3, -0.25) is 0 Å². The average Bonchev–Trinajstić information content (AvgIpc) is 3.01. The first-order valence-electron chi connectivity index (χ1n) is 6.52. The maximum absolute atomic E-state index is 4.74. The Hall–Kier alpha value is -1.29. The second-order valence-corrected chi connectivity index (χ2v) is 5.56. The predicted molar refractivity (Wildman–Crippen MR) is 71.3 cm³/mol. The van der Waals surface area contributed by atoms with E-state index in [0.29, 0.717) is 6.04 Å². The van der Waals surface area contributed by atoms with Crippen molar-refractivity contribution < 1.29 is 0 Å². The molecule has 1 aromatic carbocycles. The summed E-state index contributed by atoms with van der Waals surface area (Å²) in [6.45, 7) is 0. The van der Waals surface area contributed by atoms with E-state index >= 15 is 0 Å². The molecule has 1 aliphatic heterocycles. The molecule has 1 aromatic heterocycles. The molecule has 2 aromatic rings. The van der Waals surface area contributed by atoms with E-state index in [1.54, 1.807) is 0 Å². The van der Waals surface area contributed by atoms with Crippen molar-refractivity contribution >= 4 is 24.3 Å². The molecule has 1 saturated carbocycles. The van der Waals surface area contributed by atoms with Crippen LogP contribution in [0.1, 0.15) is 31.1 Å². The number of hydrogen-bond donors (Lipinski definition) is 2. The summed E-state index contributed by atoms with van der Waals surface area (Å²) in [6.07, 6.45) is 4.04. The molecule has 2 bridgehead atoms. The number of piperidine rings is 1. The summed E-state index contributed by atoms with van der Waals surface area (Å²) < 4.78 is 0. The third-order valence-electron chi connectivity index (χ3n) is 4.31. The zero-order chi connectivity index (χ0) is 11.4. The molecule has 2 aliphatic rings. The van der Waals surface area contributed by atoms with Crippen LogP contribution in [-0.2, 0) is 0 Å². The fourth-order valence-corrected chi connectivity index (χ4v) is 3.45. The molecule has 1 aliphatic carbocycles. The van der Waals surface area contributed by atoms with Crippen LogP contribution in [0.15, 0.2) is 18.2 Å². The Morgan fingerprint density at radius 2 is 2.24 bits per heavy atom. The number of aromatic nitrogens is 2. The van der Waals surface area contributed by atoms with Gasteiger partial charge < -0.3 is 10.3 Å². The van der Waals surface area contributed by atoms with E-state index in [0.717, 1.165) is 23.3 Å². The van der Waals surface area contributed by atoms with E-state index in [2.05, 4.69) is 36.3 Å². The summed E-state index contributed by atoms with van der Waals surface area (Å²) in [6, 6.07) is 7.61. The van der Waals surface area contributed by atoms with E-state index < -0.39 is 0 Å². The largest absolute Gasteiger partial charge is 0.341 e. The van der Waals surface area contributed by atoms with Gasteiger partial charge >= 0.3 is 0 Å². The van der Waals surface area contributed by atoms with Crippen LogP contribution in [0.5, 0.6) is 0 Å². The molecule has 3 nitrogen and oxygen atoms in total. The Balaban J connectivity index is 1.76. The maximum Gasteiger partial charge on any atom is 0.139 e. The van der Waals surface area contributed by atoms with Gasteiger partial charge in [0.2, 0.25) is 0 Å². The van der Waals surface area contributed by atoms with E-state index in [4.69, 9.17) is 4.98 Å². The Kier molecular flexibility index (Phi) is 1.92. The molecule has 3 atom stereocenters. The maximum atomic E-state index is 4.74. The molecule has 4 rings (SSSR count). The number of imidazole rings is 1. The molecule has 4 heteroatoms. The van der Waals surface area contributed by atoms with Gasteiger partial charge in [0.1, 0.15) is 13.7 Å². The summed E-state index contributed by atoms with van der Waals surface area (Å²) in [5.74, 6) is 1.93. The minimum absolute atomic E-state index is 0.460. The highest BCUT2D eigenvalue weighted by Crippen LogP contribution is 2.42. The van der Waals surface area contributed by atoms with Crippen LogP contribution in [0, 0.1) is 5.92 Å². The van der Waals surface area contributed by atoms with Gasteiger partial charge in [-0.25, -0.2) is 4.98 Å². The van der Waals surface area contributed by atoms with Crippen molar-refractivity contribution in [2.75, 3.05) is 0 Å². The van der Waals surface area contributed by atoms with Gasteiger partial charge in [-0.1, -0.05) is 11.5 Å². The van der Waals surface area contributed by atoms with Crippen LogP contribution in [-0.4, -0.2) is 23.9 Å². The fourth-order valence-electron chi connectivity index (χ4n) is 3.45. The van der Waals surface area contributed by atoms with Gasteiger partial charge in [0.15, 0.2) is 0 Å². The molecule has 1 saturated heterocycles. The predicted octanol–water partition coefficient (Wildman–Crippen LogP) is 0.634. The lowest BCUT2D eigenvalue weighted by Crippen LogP contribution is -2.29. The van der Waals surface area contributed by atoms with Crippen molar-refractivity contribution in [1.29, 1.82) is 0 Å². The first-order chi connectivity index (χ1) is 8.29. The van der Waals surface area contributed by atoms with Crippen molar-refractivity contribution in [3.63, 3.8) is 0 Å². The number of H-pyrrole nitrogens is 1. The number of aromatic amines is 1. The Morgan fingerprint density at radius 3 is 3.00 bits per heavy atom. The van der Waals surface area contributed by atoms with Gasteiger partial charge in [0.25, 0.3) is 0 Å². The lowest BCUT2D eigenvalue weighted by molar-refractivity contribution is 0.380. The molecule has 2 fully saturated rings. The van der Waals surface area contributed by atoms with Crippen molar-refractivity contribution in [3.8, 4) is 0 Å². The minimum atomic E-state index is 0.460. The van der Waals surface area contributed by atoms with Gasteiger partial charge in [-0.2, -0.15) is 0 Å². The summed E-state index contributed by atoms with van der Waals surface area (Å²) in [5, 5.41) is 3.69. The molecule has 2 heterocycles. The highest BCUT2D eigenvalue weighted by atomic mass is 15.1. The molecule has 1 unspecified atom stereocenters. The molecule has 17 heavy (non-hydrogen) atoms. The lowest BCUT2D eigenvalue weighted by Gasteiger charge is -2.20. The van der Waals surface area contributed by atoms with E-state index in [1.807, 2.05) is 0 Å². The zero-order valence-electron chi connectivity index (χ0n) is 10.0. The monoisotopic (exact) mass is 225 g/mol. The third-order valence-corrected chi connectivity index (χ3v) is 4.31. The number of fused-ring (bicyclic) bond motifs is 3. The van der Waals surface area contributed by atoms with Crippen LogP contribution in [0.3, 0.4) is 0 Å². The van der Waals surface area contributed by atoms with E-state index in [-0.39, 0.29) is 0 Å². The molecular formula is C13H16BN3. The summed E-state index contributed by atoms with van der Waals surface area (Å²) >= 11 is 0. The summed E-state index contributed by atoms with van der Waals surface area (Å²) in [4.78, 5) is 8.23. The van der Waals surface area contributed by atoms with Gasteiger partial charge in [0.05, 0.1) is 17.1 Å². The molecular weight excluding hydrogens is 209 g/mol. The first-order valence-corrected chi connectivity index (χ1v) is 6.52. The SMILES string of the molecule is Bc1ccc2nc(C3N[C@@H]4CC[C@H]3C4)[nH]c2c1. The van der Waals surface area contributed by atoms with Crippen LogP contribution in [0.4, 0.5) is 0 Å². The zero-order valence-corrected chi connectivity index (χ0v) is 10.0. The normalized spacial score (nSPS) is 31.4. The number of hydrogen-bond acceptors (Lipinski definition) is 2. The Labute approximate surface area is 101 Å². The molecule has 0 spiro atoms. The smallest absolute Gasteiger partial charge is 0.139 e. The van der Waals surface area contributed by atoms with Crippen molar-refractivity contribution in [3.05, 3.63) is 24.0 Å². The van der Waals surface area contributed by atoms with Crippen LogP contribution < -0.4 is 10.8 Å².